The van der Waals surface area contributed by atoms with Crippen LogP contribution in [0.15, 0.2) is 0 Å². The van der Waals surface area contributed by atoms with Crippen LogP contribution in [0.4, 0.5) is 4.79 Å². The first-order valence-electron chi connectivity index (χ1n) is 4.85. The number of hydrogen-bond donors (Lipinski definition) is 3. The number of carboxylic acids is 1. The molecule has 82 valence electrons. The van der Waals surface area contributed by atoms with Gasteiger partial charge in [0.2, 0.25) is 0 Å². The number of carboxylic acid groups (broad SMARTS) is 1. The third-order valence-corrected chi connectivity index (χ3v) is 1.78. The monoisotopic (exact) mass is 202 g/mol. The predicted molar refractivity (Wildman–Crippen MR) is 53.2 cm³/mol. The minimum atomic E-state index is -1.03. The maximum Gasteiger partial charge on any atom is 0.325 e. The van der Waals surface area contributed by atoms with E-state index in [1.807, 2.05) is 0 Å². The normalized spacial score (nSPS) is 11.9. The van der Waals surface area contributed by atoms with Gasteiger partial charge in [-0.15, -0.1) is 0 Å². The van der Waals surface area contributed by atoms with E-state index in [4.69, 9.17) is 5.11 Å². The van der Waals surface area contributed by atoms with Crippen molar-refractivity contribution in [3.05, 3.63) is 0 Å². The molecular formula is C9H18N2O3. The predicted octanol–water partition coefficient (Wildman–Crippen LogP) is 0.949. The topological polar surface area (TPSA) is 78.4 Å². The van der Waals surface area contributed by atoms with Gasteiger partial charge in [-0.2, -0.15) is 0 Å². The second-order valence-corrected chi connectivity index (χ2v) is 3.17. The molecule has 5 nitrogen and oxygen atoms in total. The lowest BCUT2D eigenvalue weighted by molar-refractivity contribution is -0.138. The lowest BCUT2D eigenvalue weighted by Crippen LogP contribution is -2.44. The van der Waals surface area contributed by atoms with Crippen molar-refractivity contribution in [2.75, 3.05) is 6.54 Å². The van der Waals surface area contributed by atoms with Crippen molar-refractivity contribution >= 4 is 12.0 Å². The van der Waals surface area contributed by atoms with E-state index in [9.17, 15) is 9.59 Å². The van der Waals surface area contributed by atoms with Crippen LogP contribution in [0.5, 0.6) is 0 Å². The molecule has 0 aliphatic heterocycles. The number of rotatable bonds is 6. The van der Waals surface area contributed by atoms with Gasteiger partial charge in [-0.05, 0) is 13.3 Å². The zero-order valence-corrected chi connectivity index (χ0v) is 8.67. The van der Waals surface area contributed by atoms with Crippen molar-refractivity contribution in [3.8, 4) is 0 Å². The summed E-state index contributed by atoms with van der Waals surface area (Å²) < 4.78 is 0. The van der Waals surface area contributed by atoms with Gasteiger partial charge < -0.3 is 15.7 Å². The molecule has 0 heterocycles. The first kappa shape index (κ1) is 12.7. The summed E-state index contributed by atoms with van der Waals surface area (Å²) in [5, 5.41) is 13.4. The molecule has 14 heavy (non-hydrogen) atoms. The molecule has 0 aliphatic rings. The molecule has 0 aromatic heterocycles. The molecule has 1 atom stereocenters. The van der Waals surface area contributed by atoms with Crippen LogP contribution >= 0.6 is 0 Å². The van der Waals surface area contributed by atoms with Gasteiger partial charge in [0.1, 0.15) is 6.04 Å². The van der Waals surface area contributed by atoms with E-state index in [1.165, 1.54) is 6.92 Å². The summed E-state index contributed by atoms with van der Waals surface area (Å²) in [6, 6.07) is -1.27. The Kier molecular flexibility index (Phi) is 6.53. The molecule has 0 aliphatic carbocycles. The number of unbranched alkanes of at least 4 members (excludes halogenated alkanes) is 2. The number of urea groups is 1. The fraction of sp³-hybridized carbons (Fsp3) is 0.778. The highest BCUT2D eigenvalue weighted by Crippen LogP contribution is 1.90. The van der Waals surface area contributed by atoms with Crippen LogP contribution in [0.1, 0.15) is 33.1 Å². The second kappa shape index (κ2) is 7.17. The number of carbonyl (C=O) groups is 2. The highest BCUT2D eigenvalue weighted by atomic mass is 16.4. The van der Waals surface area contributed by atoms with Crippen LogP contribution in [0.3, 0.4) is 0 Å². The minimum Gasteiger partial charge on any atom is -0.480 e. The fourth-order valence-electron chi connectivity index (χ4n) is 0.886. The van der Waals surface area contributed by atoms with Gasteiger partial charge in [0, 0.05) is 6.54 Å². The Bertz CT molecular complexity index is 194. The fourth-order valence-corrected chi connectivity index (χ4v) is 0.886. The molecule has 0 bridgehead atoms. The van der Waals surface area contributed by atoms with Gasteiger partial charge in [0.05, 0.1) is 0 Å². The quantitative estimate of drug-likeness (QED) is 0.561. The van der Waals surface area contributed by atoms with Crippen LogP contribution in [0.2, 0.25) is 0 Å². The van der Waals surface area contributed by atoms with Crippen LogP contribution in [0.25, 0.3) is 0 Å². The molecule has 0 fully saturated rings. The molecule has 0 rings (SSSR count). The SMILES string of the molecule is CCCCCNC(=O)NC(C)C(=O)O. The highest BCUT2D eigenvalue weighted by molar-refractivity contribution is 5.82. The molecule has 0 radical (unpaired) electrons. The number of carbonyl (C=O) groups excluding carboxylic acids is 1. The Morgan fingerprint density at radius 3 is 2.50 bits per heavy atom. The van der Waals surface area contributed by atoms with Crippen molar-refractivity contribution in [1.82, 2.24) is 10.6 Å². The van der Waals surface area contributed by atoms with E-state index in [1.54, 1.807) is 0 Å². The third kappa shape index (κ3) is 6.28. The summed E-state index contributed by atoms with van der Waals surface area (Å²) >= 11 is 0. The molecule has 5 heteroatoms. The molecule has 0 spiro atoms. The van der Waals surface area contributed by atoms with Crippen molar-refractivity contribution in [1.29, 1.82) is 0 Å². The standard InChI is InChI=1S/C9H18N2O3/c1-3-4-5-6-10-9(14)11-7(2)8(12)13/h7H,3-6H2,1-2H3,(H,12,13)(H2,10,11,14). The second-order valence-electron chi connectivity index (χ2n) is 3.17. The van der Waals surface area contributed by atoms with Crippen molar-refractivity contribution in [3.63, 3.8) is 0 Å². The Balaban J connectivity index is 3.50. The maximum absolute atomic E-state index is 11.0. The van der Waals surface area contributed by atoms with E-state index in [0.717, 1.165) is 19.3 Å². The molecule has 3 N–H and O–H groups in total. The van der Waals surface area contributed by atoms with Gasteiger partial charge in [-0.3, -0.25) is 4.79 Å². The van der Waals surface area contributed by atoms with E-state index in [-0.39, 0.29) is 0 Å². The number of hydrogen-bond acceptors (Lipinski definition) is 2. The van der Waals surface area contributed by atoms with E-state index in [2.05, 4.69) is 17.6 Å². The average molecular weight is 202 g/mol. The summed E-state index contributed by atoms with van der Waals surface area (Å²) in [4.78, 5) is 21.4. The minimum absolute atomic E-state index is 0.420. The van der Waals surface area contributed by atoms with Crippen molar-refractivity contribution in [2.24, 2.45) is 0 Å². The van der Waals surface area contributed by atoms with Crippen LogP contribution < -0.4 is 10.6 Å². The largest absolute Gasteiger partial charge is 0.480 e. The zero-order valence-electron chi connectivity index (χ0n) is 8.67. The van der Waals surface area contributed by atoms with Gasteiger partial charge in [-0.25, -0.2) is 4.79 Å². The first-order chi connectivity index (χ1) is 6.57. The number of amides is 2. The number of nitrogens with one attached hydrogen (secondary N) is 2. The molecule has 0 aromatic carbocycles. The van der Waals surface area contributed by atoms with Gasteiger partial charge in [0.25, 0.3) is 0 Å². The molecule has 2 amide bonds. The van der Waals surface area contributed by atoms with Crippen LogP contribution in [0, 0.1) is 0 Å². The van der Waals surface area contributed by atoms with Gasteiger partial charge in [0.15, 0.2) is 0 Å². The Labute approximate surface area is 83.9 Å². The lowest BCUT2D eigenvalue weighted by atomic mass is 10.2. The van der Waals surface area contributed by atoms with E-state index >= 15 is 0 Å². The molecular weight excluding hydrogens is 184 g/mol. The van der Waals surface area contributed by atoms with Crippen LogP contribution in [-0.4, -0.2) is 29.7 Å². The van der Waals surface area contributed by atoms with Crippen molar-refractivity contribution < 1.29 is 14.7 Å². The molecule has 0 aromatic rings. The third-order valence-electron chi connectivity index (χ3n) is 1.78. The zero-order chi connectivity index (χ0) is 11.0. The molecule has 0 saturated heterocycles. The Morgan fingerprint density at radius 1 is 1.36 bits per heavy atom. The van der Waals surface area contributed by atoms with E-state index in [0.29, 0.717) is 6.54 Å². The summed E-state index contributed by atoms with van der Waals surface area (Å²) in [5.74, 6) is -1.03. The maximum atomic E-state index is 11.0. The van der Waals surface area contributed by atoms with Crippen LogP contribution in [-0.2, 0) is 4.79 Å². The summed E-state index contributed by atoms with van der Waals surface area (Å²) in [6.45, 7) is 4.09. The number of aliphatic carboxylic acids is 1. The Hall–Kier alpha value is -1.26. The summed E-state index contributed by atoms with van der Waals surface area (Å²) in [7, 11) is 0. The smallest absolute Gasteiger partial charge is 0.325 e. The summed E-state index contributed by atoms with van der Waals surface area (Å²) in [6.07, 6.45) is 3.08. The van der Waals surface area contributed by atoms with Gasteiger partial charge in [-0.1, -0.05) is 19.8 Å². The highest BCUT2D eigenvalue weighted by Gasteiger charge is 2.12. The molecule has 0 saturated carbocycles. The first-order valence-corrected chi connectivity index (χ1v) is 4.85. The van der Waals surface area contributed by atoms with E-state index < -0.39 is 18.0 Å². The lowest BCUT2D eigenvalue weighted by Gasteiger charge is -2.10. The van der Waals surface area contributed by atoms with Crippen molar-refractivity contribution in [2.45, 2.75) is 39.2 Å². The van der Waals surface area contributed by atoms with Gasteiger partial charge >= 0.3 is 12.0 Å². The molecule has 1 unspecified atom stereocenters. The Morgan fingerprint density at radius 2 is 2.00 bits per heavy atom. The average Bonchev–Trinajstić information content (AvgIpc) is 2.12. The summed E-state index contributed by atoms with van der Waals surface area (Å²) in [5.41, 5.74) is 0.